The first-order valence-electron chi connectivity index (χ1n) is 3.25. The summed E-state index contributed by atoms with van der Waals surface area (Å²) in [6.07, 6.45) is -4.65. The number of nitrogens with one attached hydrogen (secondary N) is 1. The Bertz CT molecular complexity index is 225. The van der Waals surface area contributed by atoms with Gasteiger partial charge in [-0.2, -0.15) is 13.2 Å². The highest BCUT2D eigenvalue weighted by Gasteiger charge is 2.46. The molecule has 0 aromatic heterocycles. The summed E-state index contributed by atoms with van der Waals surface area (Å²) < 4.78 is 35.5. The van der Waals surface area contributed by atoms with Gasteiger partial charge in [0, 0.05) is 5.75 Å². The van der Waals surface area contributed by atoms with Crippen LogP contribution in [0.5, 0.6) is 0 Å². The number of hydrogen-bond acceptors (Lipinski definition) is 3. The van der Waals surface area contributed by atoms with Crippen LogP contribution in [-0.2, 0) is 4.79 Å². The molecule has 1 heterocycles. The molecule has 0 saturated carbocycles. The van der Waals surface area contributed by atoms with Crippen LogP contribution >= 0.6 is 11.8 Å². The van der Waals surface area contributed by atoms with Gasteiger partial charge in [-0.3, -0.25) is 10.2 Å². The number of ketones is 1. The third kappa shape index (κ3) is 1.80. The van der Waals surface area contributed by atoms with E-state index in [1.807, 2.05) is 0 Å². The van der Waals surface area contributed by atoms with Crippen molar-refractivity contribution in [3.63, 3.8) is 0 Å². The number of Topliss-reactive ketones (excluding diaryl/α,β-unsaturated/α-hetero) is 1. The second-order valence-corrected chi connectivity index (χ2v) is 3.55. The molecule has 0 radical (unpaired) electrons. The maximum absolute atomic E-state index is 11.8. The van der Waals surface area contributed by atoms with E-state index in [-0.39, 0.29) is 11.5 Å². The number of halogens is 3. The molecule has 0 aromatic rings. The predicted molar refractivity (Wildman–Crippen MR) is 39.4 cm³/mol. The van der Waals surface area contributed by atoms with Crippen LogP contribution < -0.4 is 0 Å². The van der Waals surface area contributed by atoms with E-state index in [1.165, 1.54) is 0 Å². The molecular weight excluding hydrogens is 191 g/mol. The van der Waals surface area contributed by atoms with Crippen molar-refractivity contribution in [3.8, 4) is 0 Å². The Labute approximate surface area is 71.0 Å². The highest BCUT2D eigenvalue weighted by atomic mass is 32.2. The maximum Gasteiger partial charge on any atom is 0.450 e. The zero-order valence-electron chi connectivity index (χ0n) is 5.94. The molecule has 68 valence electrons. The lowest BCUT2D eigenvalue weighted by molar-refractivity contribution is -0.173. The summed E-state index contributed by atoms with van der Waals surface area (Å²) in [5.41, 5.74) is 0. The van der Waals surface area contributed by atoms with Crippen LogP contribution in [0.1, 0.15) is 6.42 Å². The number of hydrogen-bond donors (Lipinski definition) is 1. The van der Waals surface area contributed by atoms with Crippen molar-refractivity contribution in [2.24, 2.45) is 5.92 Å². The van der Waals surface area contributed by atoms with E-state index in [0.29, 0.717) is 5.75 Å². The number of alkyl halides is 3. The highest BCUT2D eigenvalue weighted by molar-refractivity contribution is 8.14. The lowest BCUT2D eigenvalue weighted by atomic mass is 10.0. The van der Waals surface area contributed by atoms with E-state index in [9.17, 15) is 18.0 Å². The summed E-state index contributed by atoms with van der Waals surface area (Å²) in [4.78, 5) is 10.6. The van der Waals surface area contributed by atoms with Gasteiger partial charge in [0.1, 0.15) is 0 Å². The molecule has 12 heavy (non-hydrogen) atoms. The second kappa shape index (κ2) is 3.08. The number of rotatable bonds is 1. The van der Waals surface area contributed by atoms with Gasteiger partial charge in [-0.25, -0.2) is 0 Å². The summed E-state index contributed by atoms with van der Waals surface area (Å²) in [7, 11) is 0. The minimum atomic E-state index is -4.79. The van der Waals surface area contributed by atoms with E-state index in [2.05, 4.69) is 0 Å². The summed E-state index contributed by atoms with van der Waals surface area (Å²) in [5.74, 6) is -2.57. The Morgan fingerprint density at radius 2 is 2.17 bits per heavy atom. The van der Waals surface area contributed by atoms with Crippen molar-refractivity contribution in [1.82, 2.24) is 0 Å². The molecule has 0 aliphatic carbocycles. The quantitative estimate of drug-likeness (QED) is 0.696. The van der Waals surface area contributed by atoms with Crippen molar-refractivity contribution in [2.75, 3.05) is 5.75 Å². The molecule has 1 fully saturated rings. The lowest BCUT2D eigenvalue weighted by Gasteiger charge is -2.09. The molecule has 1 saturated heterocycles. The minimum Gasteiger partial charge on any atom is -0.298 e. The largest absolute Gasteiger partial charge is 0.450 e. The van der Waals surface area contributed by atoms with Crippen molar-refractivity contribution in [3.05, 3.63) is 0 Å². The van der Waals surface area contributed by atoms with Crippen molar-refractivity contribution in [1.29, 1.82) is 5.41 Å². The van der Waals surface area contributed by atoms with Crippen LogP contribution in [-0.4, -0.2) is 22.8 Å². The van der Waals surface area contributed by atoms with E-state index in [0.717, 1.165) is 11.8 Å². The molecule has 1 unspecified atom stereocenters. The van der Waals surface area contributed by atoms with Gasteiger partial charge in [0.15, 0.2) is 0 Å². The Kier molecular flexibility index (Phi) is 2.46. The lowest BCUT2D eigenvalue weighted by Crippen LogP contribution is -2.32. The minimum absolute atomic E-state index is 0.141. The van der Waals surface area contributed by atoms with Crippen molar-refractivity contribution < 1.29 is 18.0 Å². The van der Waals surface area contributed by atoms with Gasteiger partial charge in [0.25, 0.3) is 0 Å². The first kappa shape index (κ1) is 9.57. The highest BCUT2D eigenvalue weighted by Crippen LogP contribution is 2.32. The molecular formula is C6H6F3NOS. The number of carbonyl (C=O) groups is 1. The Hall–Kier alpha value is -0.520. The fourth-order valence-corrected chi connectivity index (χ4v) is 1.97. The molecule has 0 amide bonds. The average molecular weight is 197 g/mol. The average Bonchev–Trinajstić information content (AvgIpc) is 2.31. The summed E-state index contributed by atoms with van der Waals surface area (Å²) in [6, 6.07) is 0. The van der Waals surface area contributed by atoms with E-state index in [4.69, 9.17) is 5.41 Å². The van der Waals surface area contributed by atoms with Gasteiger partial charge in [-0.05, 0) is 6.42 Å². The molecule has 2 nitrogen and oxygen atoms in total. The normalized spacial score (nSPS) is 24.6. The molecule has 1 rings (SSSR count). The molecule has 0 aromatic carbocycles. The zero-order chi connectivity index (χ0) is 9.35. The van der Waals surface area contributed by atoms with Crippen LogP contribution in [0.3, 0.4) is 0 Å². The Morgan fingerprint density at radius 1 is 1.58 bits per heavy atom. The standard InChI is InChI=1S/C6H6F3NOS/c7-6(8,9)4(11)3-1-2-12-5(3)10/h3,10H,1-2H2. The molecule has 0 spiro atoms. The number of carbonyl (C=O) groups excluding carboxylic acids is 1. The van der Waals surface area contributed by atoms with Crippen LogP contribution in [0.2, 0.25) is 0 Å². The van der Waals surface area contributed by atoms with Gasteiger partial charge in [0.05, 0.1) is 11.0 Å². The van der Waals surface area contributed by atoms with Gasteiger partial charge in [-0.1, -0.05) is 0 Å². The molecule has 1 atom stereocenters. The van der Waals surface area contributed by atoms with E-state index >= 15 is 0 Å². The monoisotopic (exact) mass is 197 g/mol. The van der Waals surface area contributed by atoms with Crippen LogP contribution in [0.4, 0.5) is 13.2 Å². The van der Waals surface area contributed by atoms with Crippen LogP contribution in [0.15, 0.2) is 0 Å². The van der Waals surface area contributed by atoms with Gasteiger partial charge >= 0.3 is 6.18 Å². The molecule has 1 aliphatic heterocycles. The third-order valence-corrected chi connectivity index (χ3v) is 2.61. The Morgan fingerprint density at radius 3 is 2.50 bits per heavy atom. The topological polar surface area (TPSA) is 40.9 Å². The van der Waals surface area contributed by atoms with Crippen LogP contribution in [0, 0.1) is 11.3 Å². The zero-order valence-corrected chi connectivity index (χ0v) is 6.76. The summed E-state index contributed by atoms with van der Waals surface area (Å²) >= 11 is 1.01. The maximum atomic E-state index is 11.8. The first-order chi connectivity index (χ1) is 5.43. The van der Waals surface area contributed by atoms with Crippen molar-refractivity contribution in [2.45, 2.75) is 12.6 Å². The Balaban J connectivity index is 2.71. The third-order valence-electron chi connectivity index (χ3n) is 1.58. The summed E-state index contributed by atoms with van der Waals surface area (Å²) in [6.45, 7) is 0. The fourth-order valence-electron chi connectivity index (χ4n) is 0.966. The molecule has 1 aliphatic rings. The van der Waals surface area contributed by atoms with E-state index < -0.39 is 17.9 Å². The second-order valence-electron chi connectivity index (χ2n) is 2.42. The molecule has 0 bridgehead atoms. The summed E-state index contributed by atoms with van der Waals surface area (Å²) in [5, 5.41) is 6.90. The van der Waals surface area contributed by atoms with Gasteiger partial charge in [-0.15, -0.1) is 11.8 Å². The molecule has 6 heteroatoms. The van der Waals surface area contributed by atoms with Crippen molar-refractivity contribution >= 4 is 22.6 Å². The van der Waals surface area contributed by atoms with Crippen LogP contribution in [0.25, 0.3) is 0 Å². The SMILES string of the molecule is N=C1SCCC1C(=O)C(F)(F)F. The van der Waals surface area contributed by atoms with Gasteiger partial charge in [0.2, 0.25) is 5.78 Å². The first-order valence-corrected chi connectivity index (χ1v) is 4.24. The molecule has 1 N–H and O–H groups in total. The number of thioether (sulfide) groups is 1. The van der Waals surface area contributed by atoms with E-state index in [1.54, 1.807) is 0 Å². The predicted octanol–water partition coefficient (Wildman–Crippen LogP) is 1.85. The fraction of sp³-hybridized carbons (Fsp3) is 0.667. The van der Waals surface area contributed by atoms with Gasteiger partial charge < -0.3 is 0 Å². The smallest absolute Gasteiger partial charge is 0.298 e.